The maximum atomic E-state index is 10.8. The fourth-order valence-electron chi connectivity index (χ4n) is 1.62. The molecular weight excluding hydrogens is 224 g/mol. The van der Waals surface area contributed by atoms with Gasteiger partial charge in [-0.15, -0.1) is 11.3 Å². The maximum absolute atomic E-state index is 10.8. The van der Waals surface area contributed by atoms with Gasteiger partial charge in [-0.2, -0.15) is 0 Å². The minimum Gasteiger partial charge on any atom is -0.480 e. The second-order valence-corrected chi connectivity index (χ2v) is 5.02. The normalized spacial score (nSPS) is 13.3. The van der Waals surface area contributed by atoms with Gasteiger partial charge < -0.3 is 5.11 Å². The molecule has 0 amide bonds. The molecule has 90 valence electrons. The highest BCUT2D eigenvalue weighted by atomic mass is 32.1. The SMILES string of the molecule is CC(C)CN(CC(=O)O)C(C)c1cscn1. The van der Waals surface area contributed by atoms with Gasteiger partial charge in [-0.05, 0) is 12.8 Å². The molecule has 0 fully saturated rings. The summed E-state index contributed by atoms with van der Waals surface area (Å²) in [5.74, 6) is -0.344. The van der Waals surface area contributed by atoms with Crippen LogP contribution in [0.15, 0.2) is 10.9 Å². The lowest BCUT2D eigenvalue weighted by atomic mass is 10.1. The summed E-state index contributed by atoms with van der Waals surface area (Å²) >= 11 is 1.54. The Labute approximate surface area is 99.9 Å². The highest BCUT2D eigenvalue weighted by Crippen LogP contribution is 2.20. The van der Waals surface area contributed by atoms with Crippen LogP contribution in [0.25, 0.3) is 0 Å². The average molecular weight is 242 g/mol. The fourth-order valence-corrected chi connectivity index (χ4v) is 2.26. The largest absolute Gasteiger partial charge is 0.480 e. The summed E-state index contributed by atoms with van der Waals surface area (Å²) in [6, 6.07) is 0.0600. The molecule has 1 aromatic rings. The van der Waals surface area contributed by atoms with Crippen molar-refractivity contribution in [3.05, 3.63) is 16.6 Å². The molecule has 1 heterocycles. The first-order valence-corrected chi connectivity index (χ1v) is 6.29. The molecule has 1 N–H and O–H groups in total. The molecule has 0 spiro atoms. The van der Waals surface area contributed by atoms with Crippen LogP contribution < -0.4 is 0 Å². The molecule has 1 unspecified atom stereocenters. The van der Waals surface area contributed by atoms with Crippen LogP contribution in [-0.2, 0) is 4.79 Å². The monoisotopic (exact) mass is 242 g/mol. The molecule has 0 saturated carbocycles. The van der Waals surface area contributed by atoms with E-state index < -0.39 is 5.97 Å². The lowest BCUT2D eigenvalue weighted by Gasteiger charge is -2.27. The van der Waals surface area contributed by atoms with Gasteiger partial charge in [0.25, 0.3) is 0 Å². The lowest BCUT2D eigenvalue weighted by Crippen LogP contribution is -2.35. The molecule has 5 heteroatoms. The van der Waals surface area contributed by atoms with Crippen molar-refractivity contribution in [1.82, 2.24) is 9.88 Å². The number of hydrogen-bond donors (Lipinski definition) is 1. The molecule has 0 aromatic carbocycles. The summed E-state index contributed by atoms with van der Waals surface area (Å²) < 4.78 is 0. The van der Waals surface area contributed by atoms with Crippen LogP contribution in [-0.4, -0.2) is 34.0 Å². The summed E-state index contributed by atoms with van der Waals surface area (Å²) in [4.78, 5) is 17.0. The van der Waals surface area contributed by atoms with Gasteiger partial charge in [0.1, 0.15) is 0 Å². The quantitative estimate of drug-likeness (QED) is 0.831. The van der Waals surface area contributed by atoms with Crippen LogP contribution in [0.1, 0.15) is 32.5 Å². The number of thiazole rings is 1. The first kappa shape index (κ1) is 13.1. The number of hydrogen-bond acceptors (Lipinski definition) is 4. The zero-order valence-corrected chi connectivity index (χ0v) is 10.7. The Bertz CT molecular complexity index is 325. The van der Waals surface area contributed by atoms with Crippen LogP contribution in [0.4, 0.5) is 0 Å². The Kier molecular flexibility index (Phi) is 4.89. The van der Waals surface area contributed by atoms with E-state index in [0.717, 1.165) is 12.2 Å². The van der Waals surface area contributed by atoms with E-state index in [2.05, 4.69) is 18.8 Å². The van der Waals surface area contributed by atoms with Crippen molar-refractivity contribution in [2.24, 2.45) is 5.92 Å². The Balaban J connectivity index is 2.71. The summed E-state index contributed by atoms with van der Waals surface area (Å²) in [6.07, 6.45) is 0. The number of carboxylic acids is 1. The van der Waals surface area contributed by atoms with Crippen molar-refractivity contribution in [3.8, 4) is 0 Å². The third-order valence-corrected chi connectivity index (χ3v) is 2.97. The Hall–Kier alpha value is -0.940. The summed E-state index contributed by atoms with van der Waals surface area (Å²) in [7, 11) is 0. The van der Waals surface area contributed by atoms with Crippen molar-refractivity contribution >= 4 is 17.3 Å². The van der Waals surface area contributed by atoms with Gasteiger partial charge in [-0.3, -0.25) is 9.69 Å². The van der Waals surface area contributed by atoms with E-state index in [4.69, 9.17) is 5.11 Å². The minimum absolute atomic E-state index is 0.0600. The summed E-state index contributed by atoms with van der Waals surface area (Å²) in [5, 5.41) is 10.9. The van der Waals surface area contributed by atoms with E-state index in [9.17, 15) is 4.79 Å². The van der Waals surface area contributed by atoms with Crippen LogP contribution in [0, 0.1) is 5.92 Å². The lowest BCUT2D eigenvalue weighted by molar-refractivity contribution is -0.139. The third kappa shape index (κ3) is 3.90. The number of carbonyl (C=O) groups is 1. The molecule has 0 bridgehead atoms. The second kappa shape index (κ2) is 5.96. The van der Waals surface area contributed by atoms with Gasteiger partial charge in [0.2, 0.25) is 0 Å². The number of rotatable bonds is 6. The average Bonchev–Trinajstić information content (AvgIpc) is 2.66. The summed E-state index contributed by atoms with van der Waals surface area (Å²) in [6.45, 7) is 7.01. The van der Waals surface area contributed by atoms with Gasteiger partial charge in [-0.1, -0.05) is 13.8 Å². The van der Waals surface area contributed by atoms with E-state index in [-0.39, 0.29) is 12.6 Å². The molecule has 0 aliphatic carbocycles. The standard InChI is InChI=1S/C11H18N2O2S/c1-8(2)4-13(5-11(14)15)9(3)10-6-16-7-12-10/h6-9H,4-5H2,1-3H3,(H,14,15). The van der Waals surface area contributed by atoms with Crippen molar-refractivity contribution in [3.63, 3.8) is 0 Å². The second-order valence-electron chi connectivity index (χ2n) is 4.31. The fraction of sp³-hybridized carbons (Fsp3) is 0.636. The molecule has 0 radical (unpaired) electrons. The number of aliphatic carboxylic acids is 1. The zero-order valence-electron chi connectivity index (χ0n) is 9.88. The first-order chi connectivity index (χ1) is 7.50. The summed E-state index contributed by atoms with van der Waals surface area (Å²) in [5.41, 5.74) is 2.73. The maximum Gasteiger partial charge on any atom is 0.317 e. The molecule has 1 rings (SSSR count). The van der Waals surface area contributed by atoms with Crippen LogP contribution in [0.5, 0.6) is 0 Å². The van der Waals surface area contributed by atoms with Gasteiger partial charge in [-0.25, -0.2) is 4.98 Å². The zero-order chi connectivity index (χ0) is 12.1. The van der Waals surface area contributed by atoms with Gasteiger partial charge in [0.15, 0.2) is 0 Å². The van der Waals surface area contributed by atoms with Crippen molar-refractivity contribution in [2.45, 2.75) is 26.8 Å². The highest BCUT2D eigenvalue weighted by molar-refractivity contribution is 7.07. The Morgan fingerprint density at radius 3 is 2.69 bits per heavy atom. The van der Waals surface area contributed by atoms with E-state index in [1.54, 1.807) is 5.51 Å². The Morgan fingerprint density at radius 1 is 1.56 bits per heavy atom. The van der Waals surface area contributed by atoms with Crippen molar-refractivity contribution in [2.75, 3.05) is 13.1 Å². The van der Waals surface area contributed by atoms with Crippen LogP contribution >= 0.6 is 11.3 Å². The van der Waals surface area contributed by atoms with E-state index in [1.807, 2.05) is 17.2 Å². The molecule has 4 nitrogen and oxygen atoms in total. The molecule has 0 aliphatic heterocycles. The smallest absolute Gasteiger partial charge is 0.317 e. The molecule has 0 aliphatic rings. The predicted molar refractivity (Wildman–Crippen MR) is 64.6 cm³/mol. The highest BCUT2D eigenvalue weighted by Gasteiger charge is 2.20. The molecular formula is C11H18N2O2S. The number of aromatic nitrogens is 1. The van der Waals surface area contributed by atoms with Gasteiger partial charge in [0.05, 0.1) is 23.8 Å². The topological polar surface area (TPSA) is 53.4 Å². The first-order valence-electron chi connectivity index (χ1n) is 5.34. The van der Waals surface area contributed by atoms with Crippen molar-refractivity contribution in [1.29, 1.82) is 0 Å². The molecule has 0 saturated heterocycles. The minimum atomic E-state index is -0.789. The third-order valence-electron chi connectivity index (χ3n) is 2.37. The number of carboxylic acid groups (broad SMARTS) is 1. The number of nitrogens with zero attached hydrogens (tertiary/aromatic N) is 2. The van der Waals surface area contributed by atoms with Gasteiger partial charge >= 0.3 is 5.97 Å². The van der Waals surface area contributed by atoms with E-state index in [1.165, 1.54) is 11.3 Å². The molecule has 16 heavy (non-hydrogen) atoms. The van der Waals surface area contributed by atoms with E-state index in [0.29, 0.717) is 5.92 Å². The molecule has 1 atom stereocenters. The Morgan fingerprint density at radius 2 is 2.25 bits per heavy atom. The van der Waals surface area contributed by atoms with Gasteiger partial charge in [0, 0.05) is 11.9 Å². The van der Waals surface area contributed by atoms with Crippen LogP contribution in [0.3, 0.4) is 0 Å². The van der Waals surface area contributed by atoms with Crippen LogP contribution in [0.2, 0.25) is 0 Å². The van der Waals surface area contributed by atoms with E-state index >= 15 is 0 Å². The van der Waals surface area contributed by atoms with Crippen molar-refractivity contribution < 1.29 is 9.90 Å². The predicted octanol–water partition coefficient (Wildman–Crippen LogP) is 2.25. The molecule has 1 aromatic heterocycles.